The number of imide groups is 1. The number of carbonyl (C=O) groups excluding carboxylic acids is 3. The lowest BCUT2D eigenvalue weighted by atomic mass is 9.68. The van der Waals surface area contributed by atoms with Crippen LogP contribution in [0.5, 0.6) is 0 Å². The fraction of sp³-hybridized carbons (Fsp3) is 0.321. The number of amides is 3. The van der Waals surface area contributed by atoms with E-state index in [1.807, 2.05) is 25.4 Å². The lowest BCUT2D eigenvalue weighted by molar-refractivity contribution is -0.133. The first-order valence-corrected chi connectivity index (χ1v) is 13.0. The van der Waals surface area contributed by atoms with Gasteiger partial charge in [0, 0.05) is 36.7 Å². The first-order chi connectivity index (χ1) is 18.4. The van der Waals surface area contributed by atoms with Crippen LogP contribution in [0.4, 0.5) is 0 Å². The predicted molar refractivity (Wildman–Crippen MR) is 139 cm³/mol. The highest BCUT2D eigenvalue weighted by molar-refractivity contribution is 6.32. The summed E-state index contributed by atoms with van der Waals surface area (Å²) in [5.41, 5.74) is 9.61. The molecule has 2 aromatic carbocycles. The van der Waals surface area contributed by atoms with Gasteiger partial charge in [-0.3, -0.25) is 29.4 Å². The Bertz CT molecular complexity index is 1490. The minimum atomic E-state index is -0.312. The number of hydrazine groups is 1. The zero-order valence-electron chi connectivity index (χ0n) is 20.6. The molecule has 9 nitrogen and oxygen atoms in total. The molecule has 3 aliphatic rings. The van der Waals surface area contributed by atoms with Gasteiger partial charge >= 0.3 is 0 Å². The molecule has 2 N–H and O–H groups in total. The molecule has 1 aliphatic carbocycles. The van der Waals surface area contributed by atoms with E-state index < -0.39 is 0 Å². The van der Waals surface area contributed by atoms with Gasteiger partial charge in [0.1, 0.15) is 6.07 Å². The van der Waals surface area contributed by atoms with Gasteiger partial charge in [0.2, 0.25) is 5.91 Å². The van der Waals surface area contributed by atoms with E-state index in [0.717, 1.165) is 23.2 Å². The van der Waals surface area contributed by atoms with Crippen molar-refractivity contribution in [1.29, 1.82) is 5.26 Å². The van der Waals surface area contributed by atoms with Gasteiger partial charge in [-0.15, -0.1) is 0 Å². The average Bonchev–Trinajstić information content (AvgIpc) is 3.42. The Hall–Kier alpha value is -4.00. The Kier molecular flexibility index (Phi) is 6.01. The van der Waals surface area contributed by atoms with Gasteiger partial charge in [0.05, 0.1) is 33.6 Å². The number of benzene rings is 2. The van der Waals surface area contributed by atoms with E-state index in [4.69, 9.17) is 11.6 Å². The highest BCUT2D eigenvalue weighted by Crippen LogP contribution is 2.45. The number of hydrogen-bond donors (Lipinski definition) is 2. The van der Waals surface area contributed by atoms with Crippen molar-refractivity contribution in [2.24, 2.45) is 18.9 Å². The molecule has 0 spiro atoms. The van der Waals surface area contributed by atoms with Gasteiger partial charge in [-0.1, -0.05) is 35.9 Å². The Labute approximate surface area is 224 Å². The molecule has 3 amide bonds. The van der Waals surface area contributed by atoms with E-state index >= 15 is 0 Å². The molecule has 6 rings (SSSR count). The normalized spacial score (nSPS) is 24.6. The summed E-state index contributed by atoms with van der Waals surface area (Å²) in [6.07, 6.45) is 3.93. The van der Waals surface area contributed by atoms with Crippen LogP contribution in [0.15, 0.2) is 48.7 Å². The van der Waals surface area contributed by atoms with Crippen molar-refractivity contribution in [1.82, 2.24) is 25.5 Å². The topological polar surface area (TPSA) is 120 Å². The summed E-state index contributed by atoms with van der Waals surface area (Å²) in [5, 5.41) is 14.7. The highest BCUT2D eigenvalue weighted by atomic mass is 35.5. The van der Waals surface area contributed by atoms with Crippen LogP contribution in [0.2, 0.25) is 5.02 Å². The number of aromatic nitrogens is 2. The number of aryl methyl sites for hydroxylation is 1. The molecule has 10 heteroatoms. The van der Waals surface area contributed by atoms with Gasteiger partial charge in [0.15, 0.2) is 0 Å². The van der Waals surface area contributed by atoms with Gasteiger partial charge in [0.25, 0.3) is 11.8 Å². The Morgan fingerprint density at radius 1 is 1.05 bits per heavy atom. The highest BCUT2D eigenvalue weighted by Gasteiger charge is 2.46. The van der Waals surface area contributed by atoms with E-state index in [9.17, 15) is 19.6 Å². The molecule has 192 valence electrons. The first kappa shape index (κ1) is 24.3. The van der Waals surface area contributed by atoms with Crippen molar-refractivity contribution in [3.05, 3.63) is 75.9 Å². The van der Waals surface area contributed by atoms with Gasteiger partial charge in [-0.25, -0.2) is 5.43 Å². The van der Waals surface area contributed by atoms with Crippen LogP contribution in [0.3, 0.4) is 0 Å². The third kappa shape index (κ3) is 3.80. The minimum absolute atomic E-state index is 0.0694. The fourth-order valence-electron chi connectivity index (χ4n) is 6.32. The molecule has 3 heterocycles. The summed E-state index contributed by atoms with van der Waals surface area (Å²) in [6, 6.07) is 14.1. The number of nitrogens with one attached hydrogen (secondary N) is 2. The second kappa shape index (κ2) is 9.39. The Morgan fingerprint density at radius 2 is 1.76 bits per heavy atom. The zero-order valence-corrected chi connectivity index (χ0v) is 21.4. The molecule has 4 unspecified atom stereocenters. The van der Waals surface area contributed by atoms with Crippen molar-refractivity contribution in [3.8, 4) is 17.3 Å². The molecular weight excluding hydrogens is 504 g/mol. The summed E-state index contributed by atoms with van der Waals surface area (Å²) in [7, 11) is 1.84. The van der Waals surface area contributed by atoms with Crippen molar-refractivity contribution >= 4 is 29.3 Å². The van der Waals surface area contributed by atoms with Crippen LogP contribution < -0.4 is 10.9 Å². The summed E-state index contributed by atoms with van der Waals surface area (Å²) in [5.74, 6) is -0.952. The number of halogens is 1. The smallest absolute Gasteiger partial charge is 0.261 e. The van der Waals surface area contributed by atoms with Crippen LogP contribution >= 0.6 is 11.6 Å². The minimum Gasteiger partial charge on any atom is -0.291 e. The molecule has 1 saturated carbocycles. The SMILES string of the molecule is Cn1ncc(C2CCC3C(=O)NNC(CN4C(=O)c5ccccc5C4=O)C3C2)c1-c1cccc(Cl)c1C#N. The standard InChI is InChI=1S/C28H25ClN6O3/c1-34-25(16-7-4-8-23(29)21(16)12-30)22(13-31-34)15-9-10-17-20(11-15)24(32-33-26(17)36)14-35-27(37)18-5-2-3-6-19(18)28(35)38/h2-8,13,15,17,20,24,32H,9-11,14H2,1H3,(H,33,36). The van der Waals surface area contributed by atoms with Crippen molar-refractivity contribution in [3.63, 3.8) is 0 Å². The van der Waals surface area contributed by atoms with Crippen LogP contribution in [-0.2, 0) is 11.8 Å². The third-order valence-electron chi connectivity index (χ3n) is 8.18. The monoisotopic (exact) mass is 528 g/mol. The third-order valence-corrected chi connectivity index (χ3v) is 8.49. The maximum atomic E-state index is 13.0. The van der Waals surface area contributed by atoms with Crippen LogP contribution in [-0.4, -0.2) is 45.0 Å². The number of carbonyl (C=O) groups is 3. The van der Waals surface area contributed by atoms with Crippen LogP contribution in [0.1, 0.15) is 57.0 Å². The quantitative estimate of drug-likeness (QED) is 0.501. The largest absolute Gasteiger partial charge is 0.291 e. The second-order valence-corrected chi connectivity index (χ2v) is 10.5. The lowest BCUT2D eigenvalue weighted by Crippen LogP contribution is -2.63. The molecule has 0 radical (unpaired) electrons. The van der Waals surface area contributed by atoms with Crippen molar-refractivity contribution in [2.45, 2.75) is 31.2 Å². The lowest BCUT2D eigenvalue weighted by Gasteiger charge is -2.44. The summed E-state index contributed by atoms with van der Waals surface area (Å²) >= 11 is 6.34. The van der Waals surface area contributed by atoms with Crippen LogP contribution in [0.25, 0.3) is 11.3 Å². The molecule has 1 aromatic heterocycles. The molecule has 4 atom stereocenters. The molecule has 0 bridgehead atoms. The van der Waals surface area contributed by atoms with Crippen LogP contribution in [0, 0.1) is 23.2 Å². The summed E-state index contributed by atoms with van der Waals surface area (Å²) < 4.78 is 1.76. The van der Waals surface area contributed by atoms with Gasteiger partial charge < -0.3 is 0 Å². The predicted octanol–water partition coefficient (Wildman–Crippen LogP) is 3.41. The number of fused-ring (bicyclic) bond motifs is 2. The van der Waals surface area contributed by atoms with Crippen molar-refractivity contribution < 1.29 is 14.4 Å². The number of hydrogen-bond acceptors (Lipinski definition) is 6. The molecule has 38 heavy (non-hydrogen) atoms. The zero-order chi connectivity index (χ0) is 26.6. The van der Waals surface area contributed by atoms with E-state index in [2.05, 4.69) is 22.0 Å². The first-order valence-electron chi connectivity index (χ1n) is 12.6. The summed E-state index contributed by atoms with van der Waals surface area (Å²) in [6.45, 7) is 0.160. The Morgan fingerprint density at radius 3 is 2.47 bits per heavy atom. The molecule has 1 saturated heterocycles. The van der Waals surface area contributed by atoms with E-state index in [-0.39, 0.29) is 48.1 Å². The van der Waals surface area contributed by atoms with Gasteiger partial charge in [-0.05, 0) is 49.3 Å². The fourth-order valence-corrected chi connectivity index (χ4v) is 6.54. The molecule has 3 aromatic rings. The molecular formula is C28H25ClN6O3. The maximum Gasteiger partial charge on any atom is 0.261 e. The summed E-state index contributed by atoms with van der Waals surface area (Å²) in [4.78, 5) is 40.1. The van der Waals surface area contributed by atoms with E-state index in [0.29, 0.717) is 34.6 Å². The number of rotatable bonds is 4. The number of nitrogens with zero attached hydrogens (tertiary/aromatic N) is 4. The Balaban J connectivity index is 1.30. The molecule has 2 aliphatic heterocycles. The second-order valence-electron chi connectivity index (χ2n) is 10.1. The van der Waals surface area contributed by atoms with Gasteiger partial charge in [-0.2, -0.15) is 10.4 Å². The average molecular weight is 529 g/mol. The number of nitriles is 1. The maximum absolute atomic E-state index is 13.0. The van der Waals surface area contributed by atoms with E-state index in [1.54, 1.807) is 35.0 Å². The molecule has 2 fully saturated rings. The van der Waals surface area contributed by atoms with Crippen molar-refractivity contribution in [2.75, 3.05) is 6.54 Å². The van der Waals surface area contributed by atoms with E-state index in [1.165, 1.54) is 4.90 Å².